The van der Waals surface area contributed by atoms with Gasteiger partial charge in [0.25, 0.3) is 5.69 Å². The molecule has 34 heavy (non-hydrogen) atoms. The van der Waals surface area contributed by atoms with Crippen molar-refractivity contribution in [2.45, 2.75) is 32.7 Å². The quantitative estimate of drug-likeness (QED) is 0.301. The van der Waals surface area contributed by atoms with E-state index in [0.717, 1.165) is 0 Å². The Balaban J connectivity index is 1.96. The summed E-state index contributed by atoms with van der Waals surface area (Å²) >= 11 is 0. The highest BCUT2D eigenvalue weighted by atomic mass is 16.6. The zero-order valence-corrected chi connectivity index (χ0v) is 18.7. The van der Waals surface area contributed by atoms with Gasteiger partial charge in [0, 0.05) is 29.3 Å². The molecule has 2 aromatic carbocycles. The van der Waals surface area contributed by atoms with Gasteiger partial charge in [0.1, 0.15) is 11.9 Å². The van der Waals surface area contributed by atoms with Crippen molar-refractivity contribution in [2.24, 2.45) is 0 Å². The first-order chi connectivity index (χ1) is 16.3. The number of hydrogen-bond donors (Lipinski definition) is 1. The molecule has 1 unspecified atom stereocenters. The molecule has 2 aliphatic heterocycles. The maximum Gasteiger partial charge on any atom is 0.338 e. The van der Waals surface area contributed by atoms with Crippen LogP contribution < -0.4 is 5.32 Å². The standard InChI is InChI=1S/C25H23N3O6/c1-3-34-25(31)21-15(2)26-24-18(23(30)16-9-5-4-6-10-16)13-14-20(29)27(24)22(21)17-11-7-8-12-19(17)28(32)33/h4-12,22,26H,3,13-14H2,1-2H3. The molecule has 4 rings (SSSR count). The molecule has 0 aromatic heterocycles. The molecule has 174 valence electrons. The molecule has 2 heterocycles. The van der Waals surface area contributed by atoms with Gasteiger partial charge in [0.05, 0.1) is 22.7 Å². The largest absolute Gasteiger partial charge is 0.463 e. The summed E-state index contributed by atoms with van der Waals surface area (Å²) in [5.41, 5.74) is 1.20. The summed E-state index contributed by atoms with van der Waals surface area (Å²) in [6, 6.07) is 13.5. The molecule has 0 spiro atoms. The van der Waals surface area contributed by atoms with E-state index >= 15 is 0 Å². The van der Waals surface area contributed by atoms with E-state index in [-0.39, 0.29) is 53.8 Å². The van der Waals surface area contributed by atoms with E-state index in [1.165, 1.54) is 23.1 Å². The monoisotopic (exact) mass is 461 g/mol. The molecule has 9 nitrogen and oxygen atoms in total. The van der Waals surface area contributed by atoms with Crippen LogP contribution >= 0.6 is 0 Å². The van der Waals surface area contributed by atoms with Crippen LogP contribution in [0.4, 0.5) is 5.69 Å². The SMILES string of the molecule is CCOC(=O)C1=C(C)NC2=C(C(=O)c3ccccc3)CCC(=O)N2C1c1ccccc1[N+](=O)[O-]. The number of carbonyl (C=O) groups excluding carboxylic acids is 3. The van der Waals surface area contributed by atoms with Crippen molar-refractivity contribution in [1.29, 1.82) is 0 Å². The number of Topliss-reactive ketones (excluding diaryl/α,β-unsaturated/α-hetero) is 1. The van der Waals surface area contributed by atoms with E-state index < -0.39 is 16.9 Å². The molecule has 0 saturated heterocycles. The third-order valence-electron chi connectivity index (χ3n) is 5.86. The zero-order valence-electron chi connectivity index (χ0n) is 18.7. The van der Waals surface area contributed by atoms with Crippen LogP contribution in [0.1, 0.15) is 48.7 Å². The first-order valence-corrected chi connectivity index (χ1v) is 10.9. The van der Waals surface area contributed by atoms with Crippen molar-refractivity contribution in [1.82, 2.24) is 10.2 Å². The number of allylic oxidation sites excluding steroid dienone is 2. The number of carbonyl (C=O) groups is 3. The Morgan fingerprint density at radius 2 is 1.79 bits per heavy atom. The Morgan fingerprint density at radius 1 is 1.12 bits per heavy atom. The normalized spacial score (nSPS) is 17.8. The molecule has 9 heteroatoms. The van der Waals surface area contributed by atoms with Gasteiger partial charge in [-0.3, -0.25) is 24.6 Å². The van der Waals surface area contributed by atoms with Crippen molar-refractivity contribution in [3.05, 3.63) is 98.5 Å². The third kappa shape index (κ3) is 3.96. The van der Waals surface area contributed by atoms with E-state index in [9.17, 15) is 24.5 Å². The maximum atomic E-state index is 13.4. The van der Waals surface area contributed by atoms with Crippen LogP contribution in [0, 0.1) is 10.1 Å². The molecule has 0 aliphatic carbocycles. The predicted molar refractivity (Wildman–Crippen MR) is 122 cm³/mol. The maximum absolute atomic E-state index is 13.4. The fourth-order valence-corrected chi connectivity index (χ4v) is 4.37. The van der Waals surface area contributed by atoms with Crippen LogP contribution in [0.3, 0.4) is 0 Å². The highest BCUT2D eigenvalue weighted by Crippen LogP contribution is 2.44. The number of nitrogens with one attached hydrogen (secondary N) is 1. The van der Waals surface area contributed by atoms with Crippen LogP contribution in [-0.4, -0.2) is 34.1 Å². The molecule has 0 radical (unpaired) electrons. The Labute approximate surface area is 195 Å². The summed E-state index contributed by atoms with van der Waals surface area (Å²) in [7, 11) is 0. The average Bonchev–Trinajstić information content (AvgIpc) is 2.83. The van der Waals surface area contributed by atoms with Crippen molar-refractivity contribution in [3.63, 3.8) is 0 Å². The Kier molecular flexibility index (Phi) is 6.27. The number of amides is 1. The number of benzene rings is 2. The fraction of sp³-hybridized carbons (Fsp3) is 0.240. The molecule has 0 bridgehead atoms. The molecule has 0 fully saturated rings. The summed E-state index contributed by atoms with van der Waals surface area (Å²) in [6.45, 7) is 3.37. The molecule has 1 atom stereocenters. The number of para-hydroxylation sites is 1. The van der Waals surface area contributed by atoms with Crippen molar-refractivity contribution in [2.75, 3.05) is 6.61 Å². The van der Waals surface area contributed by atoms with Gasteiger partial charge in [-0.15, -0.1) is 0 Å². The number of rotatable bonds is 6. The minimum absolute atomic E-state index is 0.0192. The molecule has 1 N–H and O–H groups in total. The number of nitrogens with zero attached hydrogens (tertiary/aromatic N) is 2. The first kappa shape index (κ1) is 22.9. The highest BCUT2D eigenvalue weighted by molar-refractivity contribution is 6.10. The van der Waals surface area contributed by atoms with Crippen molar-refractivity contribution in [3.8, 4) is 0 Å². The molecular weight excluding hydrogens is 438 g/mol. The second kappa shape index (κ2) is 9.30. The van der Waals surface area contributed by atoms with Gasteiger partial charge in [-0.05, 0) is 26.3 Å². The van der Waals surface area contributed by atoms with E-state index in [0.29, 0.717) is 16.8 Å². The summed E-state index contributed by atoms with van der Waals surface area (Å²) in [5, 5.41) is 14.9. The van der Waals surface area contributed by atoms with Crippen LogP contribution in [0.2, 0.25) is 0 Å². The van der Waals surface area contributed by atoms with E-state index in [4.69, 9.17) is 4.74 Å². The number of ether oxygens (including phenoxy) is 1. The van der Waals surface area contributed by atoms with Crippen LogP contribution in [0.15, 0.2) is 77.3 Å². The number of fused-ring (bicyclic) bond motifs is 1. The van der Waals surface area contributed by atoms with Gasteiger partial charge in [-0.1, -0.05) is 42.5 Å². The number of nitro benzene ring substituents is 1. The van der Waals surface area contributed by atoms with Gasteiger partial charge >= 0.3 is 5.97 Å². The van der Waals surface area contributed by atoms with Gasteiger partial charge < -0.3 is 10.1 Å². The van der Waals surface area contributed by atoms with E-state index in [1.54, 1.807) is 50.2 Å². The van der Waals surface area contributed by atoms with Gasteiger partial charge in [0.2, 0.25) is 5.91 Å². The lowest BCUT2D eigenvalue weighted by molar-refractivity contribution is -0.385. The van der Waals surface area contributed by atoms with E-state index in [2.05, 4.69) is 5.32 Å². The third-order valence-corrected chi connectivity index (χ3v) is 5.86. The number of ketones is 1. The first-order valence-electron chi connectivity index (χ1n) is 10.9. The summed E-state index contributed by atoms with van der Waals surface area (Å²) in [4.78, 5) is 52.1. The lowest BCUT2D eigenvalue weighted by Gasteiger charge is -2.42. The minimum atomic E-state index is -1.12. The smallest absolute Gasteiger partial charge is 0.338 e. The summed E-state index contributed by atoms with van der Waals surface area (Å²) in [5.74, 6) is -1.07. The molecule has 1 amide bonds. The average molecular weight is 461 g/mol. The Morgan fingerprint density at radius 3 is 2.47 bits per heavy atom. The summed E-state index contributed by atoms with van der Waals surface area (Å²) in [6.07, 6.45) is 0.225. The number of hydrogen-bond acceptors (Lipinski definition) is 7. The second-order valence-electron chi connectivity index (χ2n) is 7.89. The predicted octanol–water partition coefficient (Wildman–Crippen LogP) is 3.79. The van der Waals surface area contributed by atoms with Crippen molar-refractivity contribution < 1.29 is 24.0 Å². The number of nitro groups is 1. The topological polar surface area (TPSA) is 119 Å². The highest BCUT2D eigenvalue weighted by Gasteiger charge is 2.45. The molecule has 0 saturated carbocycles. The van der Waals surface area contributed by atoms with Crippen molar-refractivity contribution >= 4 is 23.3 Å². The van der Waals surface area contributed by atoms with Crippen LogP contribution in [0.5, 0.6) is 0 Å². The summed E-state index contributed by atoms with van der Waals surface area (Å²) < 4.78 is 5.23. The lowest BCUT2D eigenvalue weighted by Crippen LogP contribution is -2.49. The van der Waals surface area contributed by atoms with Gasteiger partial charge in [-0.2, -0.15) is 0 Å². The van der Waals surface area contributed by atoms with Crippen LogP contribution in [-0.2, 0) is 14.3 Å². The fourth-order valence-electron chi connectivity index (χ4n) is 4.37. The van der Waals surface area contributed by atoms with Crippen LogP contribution in [0.25, 0.3) is 0 Å². The lowest BCUT2D eigenvalue weighted by atomic mass is 9.87. The van der Waals surface area contributed by atoms with Gasteiger partial charge in [0.15, 0.2) is 5.78 Å². The molecular formula is C25H23N3O6. The number of esters is 1. The van der Waals surface area contributed by atoms with Gasteiger partial charge in [-0.25, -0.2) is 4.79 Å². The van der Waals surface area contributed by atoms with E-state index in [1.807, 2.05) is 0 Å². The minimum Gasteiger partial charge on any atom is -0.463 e. The Bertz CT molecular complexity index is 1250. The molecule has 2 aliphatic rings. The second-order valence-corrected chi connectivity index (χ2v) is 7.89. The zero-order chi connectivity index (χ0) is 24.4. The Hall–Kier alpha value is -4.27. The molecule has 2 aromatic rings.